The standard InChI is InChI=1S/C17H24N2OS/c1-6-16-17(19(11-20-7-2)14(5)18-16)21-15-9-12(3)8-13(4)10-15/h8-10H,6-7,11H2,1-5H3. The lowest BCUT2D eigenvalue weighted by Crippen LogP contribution is -2.06. The molecule has 0 amide bonds. The number of hydrogen-bond donors (Lipinski definition) is 0. The van der Waals surface area contributed by atoms with Gasteiger partial charge in [-0.05, 0) is 57.4 Å². The number of aromatic nitrogens is 2. The number of rotatable bonds is 6. The van der Waals surface area contributed by atoms with Crippen molar-refractivity contribution in [3.05, 3.63) is 40.8 Å². The Labute approximate surface area is 131 Å². The molecule has 2 aromatic rings. The summed E-state index contributed by atoms with van der Waals surface area (Å²) < 4.78 is 7.76. The molecule has 0 aliphatic rings. The molecule has 1 heterocycles. The normalized spacial score (nSPS) is 11.1. The summed E-state index contributed by atoms with van der Waals surface area (Å²) in [4.78, 5) is 5.95. The highest BCUT2D eigenvalue weighted by Crippen LogP contribution is 2.33. The van der Waals surface area contributed by atoms with Gasteiger partial charge >= 0.3 is 0 Å². The highest BCUT2D eigenvalue weighted by atomic mass is 32.2. The predicted octanol–water partition coefficient (Wildman–Crippen LogP) is 4.52. The lowest BCUT2D eigenvalue weighted by Gasteiger charge is -2.11. The van der Waals surface area contributed by atoms with Crippen molar-refractivity contribution >= 4 is 11.8 Å². The maximum absolute atomic E-state index is 5.59. The highest BCUT2D eigenvalue weighted by molar-refractivity contribution is 7.99. The zero-order chi connectivity index (χ0) is 15.4. The van der Waals surface area contributed by atoms with Gasteiger partial charge in [-0.25, -0.2) is 4.98 Å². The average Bonchev–Trinajstić information content (AvgIpc) is 2.71. The summed E-state index contributed by atoms with van der Waals surface area (Å²) in [5.74, 6) is 1.02. The fraction of sp³-hybridized carbons (Fsp3) is 0.471. The van der Waals surface area contributed by atoms with Crippen LogP contribution in [0.25, 0.3) is 0 Å². The number of ether oxygens (including phenoxy) is 1. The molecule has 1 aromatic carbocycles. The molecule has 0 saturated carbocycles. The van der Waals surface area contributed by atoms with Crippen molar-refractivity contribution in [3.8, 4) is 0 Å². The molecule has 1 aromatic heterocycles. The summed E-state index contributed by atoms with van der Waals surface area (Å²) in [6.45, 7) is 11.8. The number of nitrogens with zero attached hydrogens (tertiary/aromatic N) is 2. The maximum atomic E-state index is 5.59. The lowest BCUT2D eigenvalue weighted by atomic mass is 10.2. The van der Waals surface area contributed by atoms with Crippen LogP contribution in [0.4, 0.5) is 0 Å². The van der Waals surface area contributed by atoms with Crippen molar-refractivity contribution in [1.82, 2.24) is 9.55 Å². The van der Waals surface area contributed by atoms with Gasteiger partial charge in [-0.1, -0.05) is 24.8 Å². The van der Waals surface area contributed by atoms with Crippen molar-refractivity contribution in [3.63, 3.8) is 0 Å². The van der Waals surface area contributed by atoms with E-state index in [1.807, 2.05) is 13.8 Å². The SMILES string of the molecule is CCOCn1c(C)nc(CC)c1Sc1cc(C)cc(C)c1. The minimum absolute atomic E-state index is 0.572. The molecule has 21 heavy (non-hydrogen) atoms. The van der Waals surface area contributed by atoms with Crippen molar-refractivity contribution < 1.29 is 4.74 Å². The molecular weight excluding hydrogens is 280 g/mol. The van der Waals surface area contributed by atoms with Gasteiger partial charge in [0.2, 0.25) is 0 Å². The molecule has 0 N–H and O–H groups in total. The molecular formula is C17H24N2OS. The van der Waals surface area contributed by atoms with Crippen molar-refractivity contribution in [1.29, 1.82) is 0 Å². The van der Waals surface area contributed by atoms with Crippen molar-refractivity contribution in [2.75, 3.05) is 6.61 Å². The third-order valence-electron chi connectivity index (χ3n) is 3.35. The van der Waals surface area contributed by atoms with E-state index in [0.717, 1.165) is 17.9 Å². The molecule has 0 radical (unpaired) electrons. The molecule has 0 fully saturated rings. The number of hydrogen-bond acceptors (Lipinski definition) is 3. The quantitative estimate of drug-likeness (QED) is 0.785. The second kappa shape index (κ2) is 7.14. The summed E-state index contributed by atoms with van der Waals surface area (Å²) in [6, 6.07) is 6.66. The van der Waals surface area contributed by atoms with Crippen LogP contribution in [-0.2, 0) is 17.9 Å². The summed E-state index contributed by atoms with van der Waals surface area (Å²) in [5, 5.41) is 1.20. The molecule has 0 aliphatic carbocycles. The Balaban J connectivity index is 2.36. The predicted molar refractivity (Wildman–Crippen MR) is 88.0 cm³/mol. The van der Waals surface area contributed by atoms with Crippen LogP contribution in [0.2, 0.25) is 0 Å². The van der Waals surface area contributed by atoms with Gasteiger partial charge in [0.15, 0.2) is 0 Å². The summed E-state index contributed by atoms with van der Waals surface area (Å²) >= 11 is 1.79. The first-order valence-electron chi connectivity index (χ1n) is 7.45. The maximum Gasteiger partial charge on any atom is 0.125 e. The Morgan fingerprint density at radius 3 is 2.33 bits per heavy atom. The Morgan fingerprint density at radius 2 is 1.76 bits per heavy atom. The Hall–Kier alpha value is -1.26. The minimum atomic E-state index is 0.572. The Bertz CT molecular complexity index is 599. The van der Waals surface area contributed by atoms with Crippen LogP contribution in [0.15, 0.2) is 28.1 Å². The third-order valence-corrected chi connectivity index (χ3v) is 4.47. The van der Waals surface area contributed by atoms with Gasteiger partial charge in [-0.15, -0.1) is 0 Å². The minimum Gasteiger partial charge on any atom is -0.361 e. The lowest BCUT2D eigenvalue weighted by molar-refractivity contribution is 0.0809. The van der Waals surface area contributed by atoms with Crippen LogP contribution >= 0.6 is 11.8 Å². The zero-order valence-electron chi connectivity index (χ0n) is 13.6. The van der Waals surface area contributed by atoms with Gasteiger partial charge < -0.3 is 4.74 Å². The van der Waals surface area contributed by atoms with Crippen LogP contribution in [0.3, 0.4) is 0 Å². The van der Waals surface area contributed by atoms with Crippen LogP contribution in [0.5, 0.6) is 0 Å². The van der Waals surface area contributed by atoms with E-state index in [4.69, 9.17) is 4.74 Å². The molecule has 0 unspecified atom stereocenters. The zero-order valence-corrected chi connectivity index (χ0v) is 14.4. The van der Waals surface area contributed by atoms with E-state index in [1.165, 1.54) is 21.0 Å². The van der Waals surface area contributed by atoms with Gasteiger partial charge in [0.05, 0.1) is 5.69 Å². The first kappa shape index (κ1) is 16.1. The monoisotopic (exact) mass is 304 g/mol. The van der Waals surface area contributed by atoms with E-state index in [1.54, 1.807) is 11.8 Å². The van der Waals surface area contributed by atoms with E-state index in [9.17, 15) is 0 Å². The molecule has 3 nitrogen and oxygen atoms in total. The molecule has 4 heteroatoms. The first-order valence-corrected chi connectivity index (χ1v) is 8.26. The molecule has 0 spiro atoms. The summed E-state index contributed by atoms with van der Waals surface area (Å²) in [7, 11) is 0. The topological polar surface area (TPSA) is 27.1 Å². The number of aryl methyl sites for hydroxylation is 4. The molecule has 114 valence electrons. The van der Waals surface area contributed by atoms with Gasteiger partial charge in [0, 0.05) is 11.5 Å². The smallest absolute Gasteiger partial charge is 0.125 e. The molecule has 2 rings (SSSR count). The van der Waals surface area contributed by atoms with Gasteiger partial charge in [-0.3, -0.25) is 4.57 Å². The largest absolute Gasteiger partial charge is 0.361 e. The van der Waals surface area contributed by atoms with Crippen molar-refractivity contribution in [2.45, 2.75) is 57.7 Å². The molecule has 0 bridgehead atoms. The molecule has 0 aliphatic heterocycles. The van der Waals surface area contributed by atoms with Crippen LogP contribution in [0.1, 0.15) is 36.5 Å². The third kappa shape index (κ3) is 3.89. The summed E-state index contributed by atoms with van der Waals surface area (Å²) in [6.07, 6.45) is 0.938. The van der Waals surface area contributed by atoms with E-state index >= 15 is 0 Å². The van der Waals surface area contributed by atoms with Crippen LogP contribution in [-0.4, -0.2) is 16.2 Å². The fourth-order valence-corrected chi connectivity index (χ4v) is 3.70. The molecule has 0 saturated heterocycles. The van der Waals surface area contributed by atoms with Gasteiger partial charge in [-0.2, -0.15) is 0 Å². The molecule has 0 atom stereocenters. The second-order valence-electron chi connectivity index (χ2n) is 5.24. The van der Waals surface area contributed by atoms with Crippen LogP contribution in [0, 0.1) is 20.8 Å². The summed E-state index contributed by atoms with van der Waals surface area (Å²) in [5.41, 5.74) is 3.74. The average molecular weight is 304 g/mol. The number of imidazole rings is 1. The van der Waals surface area contributed by atoms with Crippen molar-refractivity contribution in [2.24, 2.45) is 0 Å². The number of benzene rings is 1. The first-order chi connectivity index (χ1) is 10.0. The van der Waals surface area contributed by atoms with E-state index < -0.39 is 0 Å². The van der Waals surface area contributed by atoms with Crippen LogP contribution < -0.4 is 0 Å². The Morgan fingerprint density at radius 1 is 1.10 bits per heavy atom. The van der Waals surface area contributed by atoms with Gasteiger partial charge in [0.25, 0.3) is 0 Å². The van der Waals surface area contributed by atoms with E-state index in [2.05, 4.69) is 48.5 Å². The van der Waals surface area contributed by atoms with E-state index in [-0.39, 0.29) is 0 Å². The fourth-order valence-electron chi connectivity index (χ4n) is 2.39. The highest BCUT2D eigenvalue weighted by Gasteiger charge is 2.15. The van der Waals surface area contributed by atoms with Gasteiger partial charge in [0.1, 0.15) is 17.6 Å². The Kier molecular flexibility index (Phi) is 5.48. The second-order valence-corrected chi connectivity index (χ2v) is 6.30. The van der Waals surface area contributed by atoms with E-state index in [0.29, 0.717) is 13.3 Å².